The van der Waals surface area contributed by atoms with Crippen molar-refractivity contribution in [2.45, 2.75) is 11.3 Å². The van der Waals surface area contributed by atoms with Gasteiger partial charge in [-0.05, 0) is 30.3 Å². The van der Waals surface area contributed by atoms with Crippen LogP contribution in [0, 0.1) is 0 Å². The molecule has 0 aliphatic carbocycles. The summed E-state index contributed by atoms with van der Waals surface area (Å²) in [4.78, 5) is -0.226. The molecule has 0 aliphatic heterocycles. The topological polar surface area (TPSA) is 73.9 Å². The van der Waals surface area contributed by atoms with Crippen LogP contribution in [0.15, 0.2) is 45.8 Å². The number of ether oxygens (including phenoxy) is 3. The molecule has 11 heteroatoms. The molecule has 0 spiro atoms. The van der Waals surface area contributed by atoms with Crippen molar-refractivity contribution in [3.05, 3.63) is 40.9 Å². The van der Waals surface area contributed by atoms with Gasteiger partial charge in [0.15, 0.2) is 17.2 Å². The maximum atomic E-state index is 12.5. The Morgan fingerprint density at radius 2 is 1.62 bits per heavy atom. The van der Waals surface area contributed by atoms with Crippen molar-refractivity contribution < 1.29 is 35.8 Å². The Labute approximate surface area is 156 Å². The molecule has 0 radical (unpaired) electrons. The number of hydrogen-bond acceptors (Lipinski definition) is 5. The van der Waals surface area contributed by atoms with Gasteiger partial charge in [-0.3, -0.25) is 4.72 Å². The van der Waals surface area contributed by atoms with Crippen LogP contribution in [0.3, 0.4) is 0 Å². The van der Waals surface area contributed by atoms with Gasteiger partial charge < -0.3 is 14.2 Å². The maximum absolute atomic E-state index is 12.5. The van der Waals surface area contributed by atoms with Crippen LogP contribution < -0.4 is 18.9 Å². The lowest BCUT2D eigenvalue weighted by Gasteiger charge is -2.16. The fourth-order valence-electron chi connectivity index (χ4n) is 1.98. The number of nitrogens with one attached hydrogen (secondary N) is 1. The minimum absolute atomic E-state index is 0.151. The fourth-order valence-corrected chi connectivity index (χ4v) is 3.40. The molecule has 26 heavy (non-hydrogen) atoms. The zero-order valence-electron chi connectivity index (χ0n) is 13.4. The van der Waals surface area contributed by atoms with Crippen LogP contribution in [-0.2, 0) is 10.0 Å². The maximum Gasteiger partial charge on any atom is 0.573 e. The molecule has 0 fully saturated rings. The second-order valence-electron chi connectivity index (χ2n) is 4.81. The number of halogens is 4. The van der Waals surface area contributed by atoms with Gasteiger partial charge in [0.2, 0.25) is 0 Å². The highest BCUT2D eigenvalue weighted by molar-refractivity contribution is 9.10. The Bertz CT molecular complexity index is 903. The fraction of sp³-hybridized carbons (Fsp3) is 0.200. The highest BCUT2D eigenvalue weighted by Crippen LogP contribution is 2.35. The average molecular weight is 456 g/mol. The largest absolute Gasteiger partial charge is 0.573 e. The van der Waals surface area contributed by atoms with Gasteiger partial charge in [-0.2, -0.15) is 0 Å². The summed E-state index contributed by atoms with van der Waals surface area (Å²) < 4.78 is 78.9. The number of rotatable bonds is 6. The van der Waals surface area contributed by atoms with E-state index in [0.717, 1.165) is 12.1 Å². The van der Waals surface area contributed by atoms with Gasteiger partial charge in [-0.1, -0.05) is 15.9 Å². The lowest BCUT2D eigenvalue weighted by atomic mass is 10.3. The molecule has 0 saturated heterocycles. The minimum Gasteiger partial charge on any atom is -0.493 e. The van der Waals surface area contributed by atoms with Crippen LogP contribution in [0.1, 0.15) is 0 Å². The molecule has 0 aromatic heterocycles. The molecule has 0 heterocycles. The zero-order valence-corrected chi connectivity index (χ0v) is 15.8. The van der Waals surface area contributed by atoms with E-state index in [-0.39, 0.29) is 20.8 Å². The van der Waals surface area contributed by atoms with Gasteiger partial charge in [0.05, 0.1) is 24.8 Å². The first-order valence-electron chi connectivity index (χ1n) is 6.86. The number of anilines is 1. The zero-order chi connectivity index (χ0) is 19.5. The molecule has 1 N–H and O–H groups in total. The van der Waals surface area contributed by atoms with Gasteiger partial charge in [0.25, 0.3) is 10.0 Å². The Hall–Kier alpha value is -2.14. The minimum atomic E-state index is -4.98. The van der Waals surface area contributed by atoms with Crippen LogP contribution in [0.5, 0.6) is 17.2 Å². The number of alkyl halides is 3. The van der Waals surface area contributed by atoms with E-state index in [4.69, 9.17) is 9.47 Å². The first-order valence-corrected chi connectivity index (χ1v) is 9.13. The Morgan fingerprint density at radius 1 is 0.962 bits per heavy atom. The van der Waals surface area contributed by atoms with E-state index in [9.17, 15) is 21.6 Å². The molecule has 2 aromatic carbocycles. The van der Waals surface area contributed by atoms with E-state index in [1.807, 2.05) is 0 Å². The quantitative estimate of drug-likeness (QED) is 0.707. The van der Waals surface area contributed by atoms with Crippen LogP contribution in [0.25, 0.3) is 0 Å². The molecule has 0 atom stereocenters. The first-order chi connectivity index (χ1) is 12.1. The van der Waals surface area contributed by atoms with Crippen LogP contribution in [0.4, 0.5) is 18.9 Å². The van der Waals surface area contributed by atoms with E-state index in [1.54, 1.807) is 0 Å². The van der Waals surface area contributed by atoms with Gasteiger partial charge >= 0.3 is 6.36 Å². The monoisotopic (exact) mass is 455 g/mol. The molecule has 0 bridgehead atoms. The van der Waals surface area contributed by atoms with Gasteiger partial charge in [-0.25, -0.2) is 8.42 Å². The van der Waals surface area contributed by atoms with E-state index < -0.39 is 22.1 Å². The third-order valence-electron chi connectivity index (χ3n) is 3.08. The van der Waals surface area contributed by atoms with Crippen molar-refractivity contribution in [3.63, 3.8) is 0 Å². The Morgan fingerprint density at radius 3 is 2.19 bits per heavy atom. The smallest absolute Gasteiger partial charge is 0.493 e. The molecule has 0 saturated carbocycles. The van der Waals surface area contributed by atoms with Crippen LogP contribution in [0.2, 0.25) is 0 Å². The molecular formula is C15H13BrF3NO5S. The molecule has 142 valence electrons. The summed E-state index contributed by atoms with van der Waals surface area (Å²) in [6, 6.07) is 7.29. The normalized spacial score (nSPS) is 11.8. The first kappa shape index (κ1) is 20.2. The average Bonchev–Trinajstić information content (AvgIpc) is 2.55. The summed E-state index contributed by atoms with van der Waals surface area (Å²) in [5, 5.41) is 0. The third-order valence-corrected chi connectivity index (χ3v) is 4.94. The molecule has 0 aliphatic rings. The molecule has 0 unspecified atom stereocenters. The van der Waals surface area contributed by atoms with Gasteiger partial charge in [0.1, 0.15) is 0 Å². The summed E-state index contributed by atoms with van der Waals surface area (Å²) in [5.74, 6) is -0.245. The summed E-state index contributed by atoms with van der Waals surface area (Å²) in [5.41, 5.74) is -0.375. The van der Waals surface area contributed by atoms with Crippen LogP contribution >= 0.6 is 15.9 Å². The standard InChI is InChI=1S/C15H13BrF3NO5S/c1-23-12-6-4-10(8-14(12)24-2)26(21,22)20-11-5-3-9(16)7-13(11)25-15(17,18)19/h3-8,20H,1-2H3. The Kier molecular flexibility index (Phi) is 5.91. The summed E-state index contributed by atoms with van der Waals surface area (Å²) in [7, 11) is -1.50. The van der Waals surface area contributed by atoms with Crippen molar-refractivity contribution in [1.29, 1.82) is 0 Å². The van der Waals surface area contributed by atoms with E-state index in [1.165, 1.54) is 38.5 Å². The van der Waals surface area contributed by atoms with E-state index >= 15 is 0 Å². The number of methoxy groups -OCH3 is 2. The van der Waals surface area contributed by atoms with E-state index in [2.05, 4.69) is 25.4 Å². The summed E-state index contributed by atoms with van der Waals surface area (Å²) >= 11 is 3.01. The molecule has 2 rings (SSSR count). The second-order valence-corrected chi connectivity index (χ2v) is 7.41. The summed E-state index contributed by atoms with van der Waals surface area (Å²) in [6.45, 7) is 0. The number of benzene rings is 2. The van der Waals surface area contributed by atoms with Crippen molar-refractivity contribution in [1.82, 2.24) is 0 Å². The highest BCUT2D eigenvalue weighted by atomic mass is 79.9. The number of sulfonamides is 1. The lowest BCUT2D eigenvalue weighted by molar-refractivity contribution is -0.274. The predicted octanol–water partition coefficient (Wildman–Crippen LogP) is 4.17. The van der Waals surface area contributed by atoms with Crippen molar-refractivity contribution >= 4 is 31.6 Å². The molecule has 6 nitrogen and oxygen atoms in total. The third kappa shape index (κ3) is 4.94. The van der Waals surface area contributed by atoms with Crippen molar-refractivity contribution in [2.75, 3.05) is 18.9 Å². The molecule has 0 amide bonds. The predicted molar refractivity (Wildman–Crippen MR) is 91.2 cm³/mol. The lowest BCUT2D eigenvalue weighted by Crippen LogP contribution is -2.20. The van der Waals surface area contributed by atoms with Gasteiger partial charge in [-0.15, -0.1) is 13.2 Å². The van der Waals surface area contributed by atoms with Crippen molar-refractivity contribution in [3.8, 4) is 17.2 Å². The molecular weight excluding hydrogens is 443 g/mol. The second kappa shape index (κ2) is 7.62. The molecule has 2 aromatic rings. The van der Waals surface area contributed by atoms with E-state index in [0.29, 0.717) is 5.75 Å². The van der Waals surface area contributed by atoms with Crippen LogP contribution in [-0.4, -0.2) is 29.0 Å². The number of hydrogen-bond donors (Lipinski definition) is 1. The Balaban J connectivity index is 2.41. The highest BCUT2D eigenvalue weighted by Gasteiger charge is 2.33. The summed E-state index contributed by atoms with van der Waals surface area (Å²) in [6.07, 6.45) is -4.98. The van der Waals surface area contributed by atoms with Crippen molar-refractivity contribution in [2.24, 2.45) is 0 Å². The SMILES string of the molecule is COc1ccc(S(=O)(=O)Nc2ccc(Br)cc2OC(F)(F)F)cc1OC. The van der Waals surface area contributed by atoms with Gasteiger partial charge in [0, 0.05) is 10.5 Å².